The maximum absolute atomic E-state index is 12.0. The highest BCUT2D eigenvalue weighted by Crippen LogP contribution is 2.27. The number of aromatic nitrogens is 5. The molecule has 1 saturated heterocycles. The summed E-state index contributed by atoms with van der Waals surface area (Å²) in [7, 11) is 2.00. The molecule has 0 aromatic carbocycles. The summed E-state index contributed by atoms with van der Waals surface area (Å²) in [5, 5.41) is 8.70. The molecule has 0 atom stereocenters. The number of likely N-dealkylation sites (tertiary alicyclic amines) is 1. The van der Waals surface area contributed by atoms with Gasteiger partial charge in [0.15, 0.2) is 5.82 Å². The van der Waals surface area contributed by atoms with Gasteiger partial charge in [0.25, 0.3) is 0 Å². The maximum Gasteiger partial charge on any atom is 0.410 e. The van der Waals surface area contributed by atoms with E-state index in [2.05, 4.69) is 19.7 Å². The van der Waals surface area contributed by atoms with E-state index >= 15 is 0 Å². The first-order valence-corrected chi connectivity index (χ1v) is 8.34. The topological polar surface area (TPSA) is 78.1 Å². The van der Waals surface area contributed by atoms with Crippen LogP contribution >= 0.6 is 0 Å². The normalized spacial score (nSPS) is 15.9. The molecule has 1 aliphatic rings. The number of imidazole rings is 1. The zero-order valence-corrected chi connectivity index (χ0v) is 14.4. The third kappa shape index (κ3) is 3.58. The number of nitrogens with zero attached hydrogens (tertiary/aromatic N) is 6. The van der Waals surface area contributed by atoms with Crippen LogP contribution in [-0.2, 0) is 18.3 Å². The van der Waals surface area contributed by atoms with E-state index < -0.39 is 0 Å². The van der Waals surface area contributed by atoms with Gasteiger partial charge in [0.05, 0.1) is 19.0 Å². The van der Waals surface area contributed by atoms with E-state index in [1.54, 1.807) is 17.4 Å². The van der Waals surface area contributed by atoms with E-state index in [4.69, 9.17) is 4.74 Å². The molecule has 0 aliphatic carbocycles. The van der Waals surface area contributed by atoms with Crippen LogP contribution in [0.5, 0.6) is 0 Å². The van der Waals surface area contributed by atoms with Crippen molar-refractivity contribution in [2.24, 2.45) is 7.05 Å². The van der Waals surface area contributed by atoms with Gasteiger partial charge in [-0.2, -0.15) is 0 Å². The van der Waals surface area contributed by atoms with Crippen molar-refractivity contribution in [1.82, 2.24) is 29.2 Å². The smallest absolute Gasteiger partial charge is 0.410 e. The summed E-state index contributed by atoms with van der Waals surface area (Å²) in [6.07, 6.45) is 6.89. The third-order valence-corrected chi connectivity index (χ3v) is 4.34. The van der Waals surface area contributed by atoms with Crippen molar-refractivity contribution < 1.29 is 9.53 Å². The number of rotatable bonds is 4. The average molecular weight is 332 g/mol. The van der Waals surface area contributed by atoms with Crippen molar-refractivity contribution in [3.05, 3.63) is 30.4 Å². The lowest BCUT2D eigenvalue weighted by molar-refractivity contribution is 0.0687. The van der Waals surface area contributed by atoms with E-state index in [-0.39, 0.29) is 12.2 Å². The first kappa shape index (κ1) is 16.5. The Morgan fingerprint density at radius 2 is 2.08 bits per heavy atom. The first-order chi connectivity index (χ1) is 11.5. The van der Waals surface area contributed by atoms with Gasteiger partial charge in [-0.3, -0.25) is 0 Å². The Labute approximate surface area is 141 Å². The molecule has 2 aromatic rings. The molecule has 0 spiro atoms. The molecule has 0 unspecified atom stereocenters. The molecular formula is C16H24N6O2. The van der Waals surface area contributed by atoms with Gasteiger partial charge in [-0.1, -0.05) is 0 Å². The molecule has 24 heavy (non-hydrogen) atoms. The average Bonchev–Trinajstić information content (AvgIpc) is 3.18. The standard InChI is InChI=1S/C16H24N6O2/c1-12(2)24-16(23)22-7-4-13(5-8-22)15-19-18-14(20(15)3)10-21-9-6-17-11-21/h6,9,11-13H,4-5,7-8,10H2,1-3H3. The summed E-state index contributed by atoms with van der Waals surface area (Å²) < 4.78 is 9.30. The Kier molecular flexibility index (Phi) is 4.82. The van der Waals surface area contributed by atoms with Crippen LogP contribution < -0.4 is 0 Å². The molecule has 1 fully saturated rings. The van der Waals surface area contributed by atoms with E-state index in [0.29, 0.717) is 25.6 Å². The fraction of sp³-hybridized carbons (Fsp3) is 0.625. The largest absolute Gasteiger partial charge is 0.447 e. The van der Waals surface area contributed by atoms with Crippen molar-refractivity contribution >= 4 is 6.09 Å². The van der Waals surface area contributed by atoms with Gasteiger partial charge in [-0.25, -0.2) is 9.78 Å². The zero-order chi connectivity index (χ0) is 17.1. The summed E-state index contributed by atoms with van der Waals surface area (Å²) in [5.74, 6) is 2.22. The second-order valence-corrected chi connectivity index (χ2v) is 6.46. The van der Waals surface area contributed by atoms with Crippen LogP contribution in [0.4, 0.5) is 4.79 Å². The Hall–Kier alpha value is -2.38. The molecule has 8 nitrogen and oxygen atoms in total. The number of carbonyl (C=O) groups is 1. The maximum atomic E-state index is 12.0. The fourth-order valence-electron chi connectivity index (χ4n) is 3.01. The SMILES string of the molecule is CC(C)OC(=O)N1CCC(c2nnc(Cn3ccnc3)n2C)CC1. The Balaban J connectivity index is 1.60. The number of ether oxygens (including phenoxy) is 1. The lowest BCUT2D eigenvalue weighted by atomic mass is 9.96. The third-order valence-electron chi connectivity index (χ3n) is 4.34. The minimum atomic E-state index is -0.220. The molecule has 0 saturated carbocycles. The van der Waals surface area contributed by atoms with Gasteiger partial charge < -0.3 is 18.8 Å². The van der Waals surface area contributed by atoms with Crippen molar-refractivity contribution in [2.75, 3.05) is 13.1 Å². The van der Waals surface area contributed by atoms with Crippen LogP contribution in [-0.4, -0.2) is 54.5 Å². The molecule has 1 aliphatic heterocycles. The number of piperidine rings is 1. The highest BCUT2D eigenvalue weighted by Gasteiger charge is 2.28. The molecule has 1 amide bonds. The molecule has 0 N–H and O–H groups in total. The quantitative estimate of drug-likeness (QED) is 0.853. The molecule has 3 rings (SSSR count). The van der Waals surface area contributed by atoms with Gasteiger partial charge in [-0.15, -0.1) is 10.2 Å². The van der Waals surface area contributed by atoms with Crippen molar-refractivity contribution in [3.63, 3.8) is 0 Å². The summed E-state index contributed by atoms with van der Waals surface area (Å²) in [6, 6.07) is 0. The van der Waals surface area contributed by atoms with E-state index in [0.717, 1.165) is 24.5 Å². The van der Waals surface area contributed by atoms with Crippen LogP contribution in [0.15, 0.2) is 18.7 Å². The minimum absolute atomic E-state index is 0.0836. The Bertz CT molecular complexity index is 671. The molecule has 2 aromatic heterocycles. The highest BCUT2D eigenvalue weighted by atomic mass is 16.6. The minimum Gasteiger partial charge on any atom is -0.447 e. The first-order valence-electron chi connectivity index (χ1n) is 8.34. The number of hydrogen-bond donors (Lipinski definition) is 0. The van der Waals surface area contributed by atoms with Gasteiger partial charge >= 0.3 is 6.09 Å². The van der Waals surface area contributed by atoms with E-state index in [9.17, 15) is 4.79 Å². The second-order valence-electron chi connectivity index (χ2n) is 6.46. The van der Waals surface area contributed by atoms with Crippen LogP contribution in [0.1, 0.15) is 44.3 Å². The molecule has 3 heterocycles. The molecular weight excluding hydrogens is 308 g/mol. The van der Waals surface area contributed by atoms with Crippen LogP contribution in [0.2, 0.25) is 0 Å². The Morgan fingerprint density at radius 1 is 1.33 bits per heavy atom. The van der Waals surface area contributed by atoms with Gasteiger partial charge in [0, 0.05) is 38.4 Å². The summed E-state index contributed by atoms with van der Waals surface area (Å²) in [5.41, 5.74) is 0. The second kappa shape index (κ2) is 7.02. The fourth-order valence-corrected chi connectivity index (χ4v) is 3.01. The molecule has 0 bridgehead atoms. The monoisotopic (exact) mass is 332 g/mol. The zero-order valence-electron chi connectivity index (χ0n) is 14.4. The molecule has 0 radical (unpaired) electrons. The van der Waals surface area contributed by atoms with Crippen LogP contribution in [0.3, 0.4) is 0 Å². The number of amides is 1. The van der Waals surface area contributed by atoms with Crippen molar-refractivity contribution in [3.8, 4) is 0 Å². The van der Waals surface area contributed by atoms with Gasteiger partial charge in [0.1, 0.15) is 5.82 Å². The predicted octanol–water partition coefficient (Wildman–Crippen LogP) is 1.78. The van der Waals surface area contributed by atoms with E-state index in [1.807, 2.05) is 31.7 Å². The number of carbonyl (C=O) groups excluding carboxylic acids is 1. The van der Waals surface area contributed by atoms with E-state index in [1.165, 1.54) is 0 Å². The lowest BCUT2D eigenvalue weighted by Gasteiger charge is -2.31. The summed E-state index contributed by atoms with van der Waals surface area (Å²) in [6.45, 7) is 5.78. The van der Waals surface area contributed by atoms with Crippen LogP contribution in [0.25, 0.3) is 0 Å². The Morgan fingerprint density at radius 3 is 2.71 bits per heavy atom. The molecule has 130 valence electrons. The predicted molar refractivity (Wildman–Crippen MR) is 87.5 cm³/mol. The van der Waals surface area contributed by atoms with Crippen LogP contribution in [0, 0.1) is 0 Å². The van der Waals surface area contributed by atoms with Crippen molar-refractivity contribution in [2.45, 2.75) is 45.3 Å². The highest BCUT2D eigenvalue weighted by molar-refractivity contribution is 5.67. The van der Waals surface area contributed by atoms with Gasteiger partial charge in [0.2, 0.25) is 0 Å². The lowest BCUT2D eigenvalue weighted by Crippen LogP contribution is -2.39. The van der Waals surface area contributed by atoms with Gasteiger partial charge in [-0.05, 0) is 26.7 Å². The molecule has 8 heteroatoms. The summed E-state index contributed by atoms with van der Waals surface area (Å²) in [4.78, 5) is 17.8. The summed E-state index contributed by atoms with van der Waals surface area (Å²) >= 11 is 0. The van der Waals surface area contributed by atoms with Crippen molar-refractivity contribution in [1.29, 1.82) is 0 Å². The number of hydrogen-bond acceptors (Lipinski definition) is 5.